The number of hydrogen-bond acceptors (Lipinski definition) is 0. The molecule has 0 saturated heterocycles. The molecule has 0 N–H and O–H groups in total. The van der Waals surface area contributed by atoms with Crippen LogP contribution >= 0.6 is 0 Å². The Morgan fingerprint density at radius 1 is 0.526 bits per heavy atom. The molecule has 0 aliphatic carbocycles. The fourth-order valence-electron chi connectivity index (χ4n) is 1.22. The van der Waals surface area contributed by atoms with E-state index < -0.39 is 0 Å². The van der Waals surface area contributed by atoms with Crippen LogP contribution < -0.4 is 0 Å². The first kappa shape index (κ1) is 27.8. The predicted molar refractivity (Wildman–Crippen MR) is 94.0 cm³/mol. The van der Waals surface area contributed by atoms with Crippen LogP contribution in [0.15, 0.2) is 0 Å². The summed E-state index contributed by atoms with van der Waals surface area (Å²) >= 11 is 0. The normalized spacial score (nSPS) is 9.47. The zero-order valence-corrected chi connectivity index (χ0v) is 15.8. The van der Waals surface area contributed by atoms with Crippen LogP contribution in [0.25, 0.3) is 0 Å². The van der Waals surface area contributed by atoms with Gasteiger partial charge in [0.2, 0.25) is 0 Å². The van der Waals surface area contributed by atoms with Crippen LogP contribution in [0, 0.1) is 38.5 Å². The first-order chi connectivity index (χ1) is 8.31. The Morgan fingerprint density at radius 3 is 0.684 bits per heavy atom. The van der Waals surface area contributed by atoms with Gasteiger partial charge in [0.25, 0.3) is 0 Å². The van der Waals surface area contributed by atoms with Crippen LogP contribution in [0.1, 0.15) is 80.1 Å². The average molecular weight is 282 g/mol. The number of hydrogen-bond donors (Lipinski definition) is 0. The minimum absolute atomic E-state index is 0. The molecule has 0 nitrogen and oxygen atoms in total. The molecule has 0 unspecified atom stereocenters. The highest BCUT2D eigenvalue weighted by atomic mass is 27.0. The lowest BCUT2D eigenvalue weighted by atomic mass is 10.1. The van der Waals surface area contributed by atoms with Crippen LogP contribution in [0.4, 0.5) is 0 Å². The molecule has 0 aliphatic rings. The fraction of sp³-hybridized carbons (Fsp3) is 0.833. The van der Waals surface area contributed by atoms with Gasteiger partial charge in [0, 0.05) is 17.4 Å². The van der Waals surface area contributed by atoms with E-state index in [-0.39, 0.29) is 17.4 Å². The van der Waals surface area contributed by atoms with Gasteiger partial charge in [0.15, 0.2) is 0 Å². The Bertz CT molecular complexity index is 93.1. The van der Waals surface area contributed by atoms with Crippen LogP contribution in [0.5, 0.6) is 0 Å². The Labute approximate surface area is 136 Å². The van der Waals surface area contributed by atoms with Gasteiger partial charge in [-0.25, -0.2) is 0 Å². The van der Waals surface area contributed by atoms with Crippen LogP contribution in [0.3, 0.4) is 0 Å². The van der Waals surface area contributed by atoms with Crippen molar-refractivity contribution in [2.45, 2.75) is 80.1 Å². The molecule has 117 valence electrons. The topological polar surface area (TPSA) is 0 Å². The predicted octanol–water partition coefficient (Wildman–Crippen LogP) is 6.39. The van der Waals surface area contributed by atoms with E-state index in [4.69, 9.17) is 0 Å². The third-order valence-corrected chi connectivity index (χ3v) is 2.34. The summed E-state index contributed by atoms with van der Waals surface area (Å²) in [6.07, 6.45) is 7.03. The van der Waals surface area contributed by atoms with E-state index >= 15 is 0 Å². The molecule has 19 heavy (non-hydrogen) atoms. The van der Waals surface area contributed by atoms with Gasteiger partial charge in [-0.05, 0) is 17.8 Å². The molecule has 0 rings (SSSR count). The summed E-state index contributed by atoms with van der Waals surface area (Å²) in [5, 5.41) is 0. The molecule has 0 aromatic rings. The second-order valence-corrected chi connectivity index (χ2v) is 6.11. The second kappa shape index (κ2) is 23.6. The van der Waals surface area contributed by atoms with Crippen molar-refractivity contribution >= 4 is 17.4 Å². The maximum atomic E-state index is 3.73. The van der Waals surface area contributed by atoms with E-state index in [2.05, 4.69) is 62.3 Å². The zero-order valence-electron chi connectivity index (χ0n) is 14.7. The Morgan fingerprint density at radius 2 is 0.684 bits per heavy atom. The Kier molecular flexibility index (Phi) is 34.6. The monoisotopic (exact) mass is 282 g/mol. The largest absolute Gasteiger partial charge is 0.343 e. The molecule has 0 amide bonds. The van der Waals surface area contributed by atoms with E-state index in [0.29, 0.717) is 0 Å². The third kappa shape index (κ3) is 55.7. The molecular weight excluding hydrogens is 243 g/mol. The van der Waals surface area contributed by atoms with Crippen molar-refractivity contribution in [1.29, 1.82) is 0 Å². The minimum Gasteiger partial charge on any atom is -0.343 e. The molecule has 0 bridgehead atoms. The van der Waals surface area contributed by atoms with Gasteiger partial charge in [-0.3, -0.25) is 0 Å². The third-order valence-electron chi connectivity index (χ3n) is 2.34. The molecule has 0 saturated carbocycles. The summed E-state index contributed by atoms with van der Waals surface area (Å²) in [5.74, 6) is 2.51. The zero-order chi connectivity index (χ0) is 15.0. The first-order valence-electron chi connectivity index (χ1n) is 7.69. The first-order valence-corrected chi connectivity index (χ1v) is 7.69. The van der Waals surface area contributed by atoms with Gasteiger partial charge in [-0.15, -0.1) is 0 Å². The van der Waals surface area contributed by atoms with E-state index in [1.807, 2.05) is 0 Å². The molecule has 0 fully saturated rings. The molecule has 0 aromatic carbocycles. The standard InChI is InChI=1S/3C6H13.Al/c3*1-4-5-6(2)3;/h3*6H,1,4-5H2,2-3H3;/q3*-1;. The van der Waals surface area contributed by atoms with Gasteiger partial charge in [-0.2, -0.15) is 19.3 Å². The van der Waals surface area contributed by atoms with Crippen LogP contribution in [-0.4, -0.2) is 17.4 Å². The van der Waals surface area contributed by atoms with Crippen molar-refractivity contribution in [3.63, 3.8) is 0 Å². The molecule has 1 heteroatoms. The van der Waals surface area contributed by atoms with Crippen molar-refractivity contribution in [3.8, 4) is 0 Å². The molecule has 0 heterocycles. The lowest BCUT2D eigenvalue weighted by Crippen LogP contribution is -1.81. The van der Waals surface area contributed by atoms with Crippen molar-refractivity contribution in [2.75, 3.05) is 0 Å². The lowest BCUT2D eigenvalue weighted by molar-refractivity contribution is 0.593. The van der Waals surface area contributed by atoms with Crippen molar-refractivity contribution in [3.05, 3.63) is 20.8 Å². The maximum Gasteiger partial charge on any atom is 0 e. The second-order valence-electron chi connectivity index (χ2n) is 6.11. The molecule has 0 aromatic heterocycles. The molecule has 3 radical (unpaired) electrons. The van der Waals surface area contributed by atoms with Gasteiger partial charge in [0.05, 0.1) is 0 Å². The summed E-state index contributed by atoms with van der Waals surface area (Å²) < 4.78 is 0. The lowest BCUT2D eigenvalue weighted by Gasteiger charge is -2.00. The van der Waals surface area contributed by atoms with E-state index in [0.717, 1.165) is 37.0 Å². The summed E-state index contributed by atoms with van der Waals surface area (Å²) in [6, 6.07) is 0. The highest BCUT2D eigenvalue weighted by Crippen LogP contribution is 2.01. The number of rotatable bonds is 6. The SMILES string of the molecule is [Al].[CH2-]CCC(C)C.[CH2-]CCC(C)C.[CH2-]CCC(C)C. The highest BCUT2D eigenvalue weighted by Gasteiger charge is 1.83. The summed E-state index contributed by atoms with van der Waals surface area (Å²) in [6.45, 7) is 24.5. The Balaban J connectivity index is -0.0000000865. The summed E-state index contributed by atoms with van der Waals surface area (Å²) in [5.41, 5.74) is 0. The van der Waals surface area contributed by atoms with Crippen molar-refractivity contribution < 1.29 is 0 Å². The van der Waals surface area contributed by atoms with E-state index in [1.54, 1.807) is 0 Å². The van der Waals surface area contributed by atoms with Gasteiger partial charge in [0.1, 0.15) is 0 Å². The molecule has 0 spiro atoms. The van der Waals surface area contributed by atoms with Crippen LogP contribution in [0.2, 0.25) is 0 Å². The smallest absolute Gasteiger partial charge is 0 e. The van der Waals surface area contributed by atoms with Crippen LogP contribution in [-0.2, 0) is 0 Å². The van der Waals surface area contributed by atoms with Gasteiger partial charge < -0.3 is 20.8 Å². The molecular formula is C18H39Al-3. The maximum absolute atomic E-state index is 3.73. The van der Waals surface area contributed by atoms with Gasteiger partial charge >= 0.3 is 0 Å². The summed E-state index contributed by atoms with van der Waals surface area (Å²) in [4.78, 5) is 0. The Hall–Kier alpha value is 0.532. The highest BCUT2D eigenvalue weighted by molar-refractivity contribution is 5.75. The molecule has 0 aliphatic heterocycles. The van der Waals surface area contributed by atoms with Crippen molar-refractivity contribution in [2.24, 2.45) is 17.8 Å². The quantitative estimate of drug-likeness (QED) is 0.391. The fourth-order valence-corrected chi connectivity index (χ4v) is 1.22. The average Bonchev–Trinajstić information content (AvgIpc) is 2.18. The minimum atomic E-state index is 0. The van der Waals surface area contributed by atoms with Crippen molar-refractivity contribution in [1.82, 2.24) is 0 Å². The van der Waals surface area contributed by atoms with Gasteiger partial charge in [-0.1, -0.05) is 60.8 Å². The summed E-state index contributed by atoms with van der Waals surface area (Å²) in [7, 11) is 0. The molecule has 0 atom stereocenters. The van der Waals surface area contributed by atoms with E-state index in [1.165, 1.54) is 19.3 Å². The van der Waals surface area contributed by atoms with E-state index in [9.17, 15) is 0 Å².